The Morgan fingerprint density at radius 2 is 1.75 bits per heavy atom. The molecule has 0 saturated heterocycles. The van der Waals surface area contributed by atoms with Crippen LogP contribution in [-0.2, 0) is 21.4 Å². The van der Waals surface area contributed by atoms with Crippen LogP contribution in [-0.4, -0.2) is 23.2 Å². The summed E-state index contributed by atoms with van der Waals surface area (Å²) in [4.78, 5) is 24.2. The number of hydrogen-bond acceptors (Lipinski definition) is 2. The second kappa shape index (κ2) is 8.92. The highest BCUT2D eigenvalue weighted by Crippen LogP contribution is 2.51. The third kappa shape index (κ3) is 5.11. The minimum Gasteiger partial charge on any atom is -0.481 e. The average molecular weight is 451 g/mol. The summed E-state index contributed by atoms with van der Waals surface area (Å²) in [5.41, 5.74) is 0.761. The van der Waals surface area contributed by atoms with Crippen LogP contribution in [0.15, 0.2) is 42.5 Å². The first kappa shape index (κ1) is 23.8. The molecule has 0 radical (unpaired) electrons. The lowest BCUT2D eigenvalue weighted by Gasteiger charge is -2.26. The summed E-state index contributed by atoms with van der Waals surface area (Å²) in [5.74, 6) is -6.33. The minimum absolute atomic E-state index is 0.135. The fraction of sp³-hybridized carbons (Fsp3) is 0.417. The van der Waals surface area contributed by atoms with E-state index in [0.717, 1.165) is 18.6 Å². The molecule has 0 spiro atoms. The van der Waals surface area contributed by atoms with Crippen LogP contribution >= 0.6 is 0 Å². The summed E-state index contributed by atoms with van der Waals surface area (Å²) < 4.78 is 55.1. The minimum atomic E-state index is -4.63. The van der Waals surface area contributed by atoms with Gasteiger partial charge in [-0.15, -0.1) is 0 Å². The van der Waals surface area contributed by atoms with Crippen LogP contribution in [0.25, 0.3) is 0 Å². The maximum absolute atomic E-state index is 14.4. The first-order valence-corrected chi connectivity index (χ1v) is 10.4. The van der Waals surface area contributed by atoms with Crippen LogP contribution in [0.1, 0.15) is 55.7 Å². The summed E-state index contributed by atoms with van der Waals surface area (Å²) in [6, 6.07) is 10.2. The number of benzene rings is 2. The lowest BCUT2D eigenvalue weighted by molar-refractivity contribution is -0.178. The number of anilines is 1. The molecule has 0 aromatic heterocycles. The largest absolute Gasteiger partial charge is 0.481 e. The van der Waals surface area contributed by atoms with E-state index >= 15 is 0 Å². The molecule has 1 aliphatic carbocycles. The number of carbonyl (C=O) groups excluding carboxylic acids is 1. The van der Waals surface area contributed by atoms with Gasteiger partial charge in [0.15, 0.2) is 0 Å². The number of aryl methyl sites for hydroxylation is 1. The number of amides is 1. The molecular formula is C24H25F4NO3. The summed E-state index contributed by atoms with van der Waals surface area (Å²) in [6.07, 6.45) is -2.86. The molecule has 1 aliphatic rings. The molecule has 1 saturated carbocycles. The molecule has 172 valence electrons. The Hall–Kier alpha value is -2.90. The van der Waals surface area contributed by atoms with E-state index in [1.165, 1.54) is 24.3 Å². The highest BCUT2D eigenvalue weighted by Gasteiger charge is 2.47. The fourth-order valence-corrected chi connectivity index (χ4v) is 3.99. The van der Waals surface area contributed by atoms with Gasteiger partial charge >= 0.3 is 12.1 Å². The van der Waals surface area contributed by atoms with Crippen molar-refractivity contribution in [3.8, 4) is 0 Å². The van der Waals surface area contributed by atoms with Crippen LogP contribution in [0.4, 0.5) is 23.2 Å². The summed E-state index contributed by atoms with van der Waals surface area (Å²) in [5, 5.41) is 11.5. The molecule has 1 fully saturated rings. The van der Waals surface area contributed by atoms with E-state index in [0.29, 0.717) is 24.8 Å². The SMILES string of the molecule is CCc1ccc([C@@H](C(=O)Nc2cc(C3(CC(=O)O)CC3)ccc2F)[C@@H](C)C(F)(F)F)cc1. The first-order chi connectivity index (χ1) is 15.0. The number of rotatable bonds is 8. The molecule has 2 atom stereocenters. The zero-order chi connectivity index (χ0) is 23.7. The van der Waals surface area contributed by atoms with E-state index in [1.807, 2.05) is 6.92 Å². The number of aliphatic carboxylic acids is 1. The van der Waals surface area contributed by atoms with Crippen molar-refractivity contribution in [1.29, 1.82) is 0 Å². The van der Waals surface area contributed by atoms with Crippen LogP contribution < -0.4 is 5.32 Å². The molecule has 4 nitrogen and oxygen atoms in total. The summed E-state index contributed by atoms with van der Waals surface area (Å²) >= 11 is 0. The molecule has 0 bridgehead atoms. The molecule has 8 heteroatoms. The van der Waals surface area contributed by atoms with Crippen LogP contribution in [0.3, 0.4) is 0 Å². The number of alkyl halides is 3. The van der Waals surface area contributed by atoms with Gasteiger partial charge in [-0.1, -0.05) is 44.2 Å². The average Bonchev–Trinajstić information content (AvgIpc) is 3.49. The van der Waals surface area contributed by atoms with Gasteiger partial charge in [-0.2, -0.15) is 13.2 Å². The number of carboxylic acids is 1. The molecule has 3 rings (SSSR count). The predicted octanol–water partition coefficient (Wildman–Crippen LogP) is 5.82. The molecule has 2 aromatic carbocycles. The maximum Gasteiger partial charge on any atom is 0.392 e. The van der Waals surface area contributed by atoms with Gasteiger partial charge in [-0.05, 0) is 48.1 Å². The van der Waals surface area contributed by atoms with Gasteiger partial charge in [0.1, 0.15) is 5.82 Å². The molecule has 0 unspecified atom stereocenters. The Bertz CT molecular complexity index is 997. The van der Waals surface area contributed by atoms with E-state index in [2.05, 4.69) is 5.32 Å². The van der Waals surface area contributed by atoms with E-state index in [-0.39, 0.29) is 17.7 Å². The van der Waals surface area contributed by atoms with Crippen molar-refractivity contribution in [3.63, 3.8) is 0 Å². The van der Waals surface area contributed by atoms with E-state index in [1.54, 1.807) is 12.1 Å². The number of carbonyl (C=O) groups is 2. The van der Waals surface area contributed by atoms with Gasteiger partial charge in [-0.3, -0.25) is 9.59 Å². The van der Waals surface area contributed by atoms with Gasteiger partial charge < -0.3 is 10.4 Å². The molecule has 0 heterocycles. The molecular weight excluding hydrogens is 426 g/mol. The second-order valence-corrected chi connectivity index (χ2v) is 8.44. The highest BCUT2D eigenvalue weighted by atomic mass is 19.4. The number of hydrogen-bond donors (Lipinski definition) is 2. The van der Waals surface area contributed by atoms with Gasteiger partial charge in [0.05, 0.1) is 23.9 Å². The first-order valence-electron chi connectivity index (χ1n) is 10.4. The third-order valence-corrected chi connectivity index (χ3v) is 6.23. The smallest absolute Gasteiger partial charge is 0.392 e. The van der Waals surface area contributed by atoms with E-state index in [4.69, 9.17) is 5.11 Å². The summed E-state index contributed by atoms with van der Waals surface area (Å²) in [7, 11) is 0. The van der Waals surface area contributed by atoms with Crippen molar-refractivity contribution < 1.29 is 32.3 Å². The fourth-order valence-electron chi connectivity index (χ4n) is 3.99. The standard InChI is InChI=1S/C24H25F4NO3/c1-3-15-4-6-16(7-5-15)21(14(2)24(26,27)28)22(32)29-19-12-17(8-9-18(19)25)23(10-11-23)13-20(30)31/h4-9,12,14,21H,3,10-11,13H2,1-2H3,(H,29,32)(H,30,31)/t14-,21+/m1/s1. The molecule has 1 amide bonds. The van der Waals surface area contributed by atoms with Gasteiger partial charge in [-0.25, -0.2) is 4.39 Å². The predicted molar refractivity (Wildman–Crippen MR) is 112 cm³/mol. The van der Waals surface area contributed by atoms with Gasteiger partial charge in [0, 0.05) is 5.41 Å². The topological polar surface area (TPSA) is 66.4 Å². The third-order valence-electron chi connectivity index (χ3n) is 6.23. The lowest BCUT2D eigenvalue weighted by atomic mass is 9.85. The van der Waals surface area contributed by atoms with E-state index < -0.39 is 41.1 Å². The van der Waals surface area contributed by atoms with Crippen molar-refractivity contribution in [1.82, 2.24) is 0 Å². The highest BCUT2D eigenvalue weighted by molar-refractivity contribution is 5.96. The van der Waals surface area contributed by atoms with Crippen molar-refractivity contribution >= 4 is 17.6 Å². The maximum atomic E-state index is 14.4. The number of nitrogens with one attached hydrogen (secondary N) is 1. The zero-order valence-electron chi connectivity index (χ0n) is 17.8. The zero-order valence-corrected chi connectivity index (χ0v) is 17.8. The van der Waals surface area contributed by atoms with Crippen LogP contribution in [0.2, 0.25) is 0 Å². The molecule has 32 heavy (non-hydrogen) atoms. The Labute approximate surface area is 183 Å². The molecule has 2 N–H and O–H groups in total. The van der Waals surface area contributed by atoms with Crippen molar-refractivity contribution in [2.75, 3.05) is 5.32 Å². The number of halogens is 4. The van der Waals surface area contributed by atoms with E-state index in [9.17, 15) is 27.2 Å². The van der Waals surface area contributed by atoms with Gasteiger partial charge in [0.25, 0.3) is 0 Å². The van der Waals surface area contributed by atoms with Crippen molar-refractivity contribution in [3.05, 3.63) is 65.0 Å². The Morgan fingerprint density at radius 1 is 1.12 bits per heavy atom. The Kier molecular flexibility index (Phi) is 6.62. The molecule has 0 aliphatic heterocycles. The monoisotopic (exact) mass is 451 g/mol. The van der Waals surface area contributed by atoms with Crippen LogP contribution in [0, 0.1) is 11.7 Å². The normalized spacial score (nSPS) is 16.8. The lowest BCUT2D eigenvalue weighted by Crippen LogP contribution is -2.34. The van der Waals surface area contributed by atoms with Crippen LogP contribution in [0.5, 0.6) is 0 Å². The quantitative estimate of drug-likeness (QED) is 0.498. The van der Waals surface area contributed by atoms with Crippen molar-refractivity contribution in [2.45, 2.75) is 57.0 Å². The Morgan fingerprint density at radius 3 is 2.25 bits per heavy atom. The molecule has 2 aromatic rings. The Balaban J connectivity index is 1.92. The number of carboxylic acid groups (broad SMARTS) is 1. The summed E-state index contributed by atoms with van der Waals surface area (Å²) in [6.45, 7) is 2.83. The van der Waals surface area contributed by atoms with Crippen molar-refractivity contribution in [2.24, 2.45) is 5.92 Å². The second-order valence-electron chi connectivity index (χ2n) is 8.44. The van der Waals surface area contributed by atoms with Gasteiger partial charge in [0.2, 0.25) is 5.91 Å².